The van der Waals surface area contributed by atoms with Crippen molar-refractivity contribution in [3.63, 3.8) is 0 Å². The van der Waals surface area contributed by atoms with E-state index in [9.17, 15) is 14.9 Å². The Bertz CT molecular complexity index is 724. The maximum absolute atomic E-state index is 12.3. The topological polar surface area (TPSA) is 72.2 Å². The Labute approximate surface area is 135 Å². The molecule has 0 saturated heterocycles. The standard InChI is InChI=1S/C18H20N2O3/c1-4-14-6-9-15(10-7-14)13(3)19-18(21)16-8-5-12(2)17(11-16)20(22)23/h5-11,13H,4H2,1-3H3,(H,19,21). The summed E-state index contributed by atoms with van der Waals surface area (Å²) >= 11 is 0. The van der Waals surface area contributed by atoms with Crippen LogP contribution in [0.3, 0.4) is 0 Å². The summed E-state index contributed by atoms with van der Waals surface area (Å²) < 4.78 is 0. The summed E-state index contributed by atoms with van der Waals surface area (Å²) in [4.78, 5) is 22.8. The Morgan fingerprint density at radius 1 is 1.22 bits per heavy atom. The monoisotopic (exact) mass is 312 g/mol. The van der Waals surface area contributed by atoms with Crippen molar-refractivity contribution in [2.75, 3.05) is 0 Å². The minimum atomic E-state index is -0.473. The van der Waals surface area contributed by atoms with Gasteiger partial charge in [-0.2, -0.15) is 0 Å². The number of carbonyl (C=O) groups excluding carboxylic acids is 1. The van der Waals surface area contributed by atoms with Crippen molar-refractivity contribution >= 4 is 11.6 Å². The Hall–Kier alpha value is -2.69. The lowest BCUT2D eigenvalue weighted by atomic mass is 10.0. The molecule has 0 saturated carbocycles. The van der Waals surface area contributed by atoms with E-state index in [0.717, 1.165) is 12.0 Å². The minimum Gasteiger partial charge on any atom is -0.346 e. The van der Waals surface area contributed by atoms with Gasteiger partial charge in [-0.15, -0.1) is 0 Å². The molecule has 1 atom stereocenters. The molecule has 1 N–H and O–H groups in total. The van der Waals surface area contributed by atoms with E-state index >= 15 is 0 Å². The van der Waals surface area contributed by atoms with Crippen molar-refractivity contribution in [1.82, 2.24) is 5.32 Å². The number of amides is 1. The molecule has 0 spiro atoms. The summed E-state index contributed by atoms with van der Waals surface area (Å²) in [5, 5.41) is 13.8. The molecular formula is C18H20N2O3. The van der Waals surface area contributed by atoms with E-state index in [4.69, 9.17) is 0 Å². The predicted octanol–water partition coefficient (Wildman–Crippen LogP) is 3.96. The number of aryl methyl sites for hydroxylation is 2. The fourth-order valence-electron chi connectivity index (χ4n) is 2.35. The lowest BCUT2D eigenvalue weighted by molar-refractivity contribution is -0.385. The third-order valence-electron chi connectivity index (χ3n) is 3.90. The highest BCUT2D eigenvalue weighted by Gasteiger charge is 2.16. The number of carbonyl (C=O) groups is 1. The van der Waals surface area contributed by atoms with Crippen molar-refractivity contribution in [3.05, 3.63) is 74.8 Å². The van der Waals surface area contributed by atoms with Gasteiger partial charge in [-0.1, -0.05) is 37.3 Å². The van der Waals surface area contributed by atoms with E-state index in [2.05, 4.69) is 12.2 Å². The van der Waals surface area contributed by atoms with Gasteiger partial charge < -0.3 is 5.32 Å². The fourth-order valence-corrected chi connectivity index (χ4v) is 2.35. The molecule has 2 aromatic carbocycles. The third kappa shape index (κ3) is 3.94. The van der Waals surface area contributed by atoms with Crippen LogP contribution < -0.4 is 5.32 Å². The van der Waals surface area contributed by atoms with E-state index < -0.39 is 4.92 Å². The van der Waals surface area contributed by atoms with E-state index in [0.29, 0.717) is 11.1 Å². The van der Waals surface area contributed by atoms with Gasteiger partial charge in [0.15, 0.2) is 0 Å². The zero-order valence-electron chi connectivity index (χ0n) is 13.5. The fraction of sp³-hybridized carbons (Fsp3) is 0.278. The first kappa shape index (κ1) is 16.7. The summed E-state index contributed by atoms with van der Waals surface area (Å²) in [6, 6.07) is 12.4. The van der Waals surface area contributed by atoms with Crippen molar-refractivity contribution < 1.29 is 9.72 Å². The molecule has 5 nitrogen and oxygen atoms in total. The number of rotatable bonds is 5. The molecule has 0 bridgehead atoms. The molecule has 2 aromatic rings. The highest BCUT2D eigenvalue weighted by atomic mass is 16.6. The molecule has 0 aromatic heterocycles. The van der Waals surface area contributed by atoms with Gasteiger partial charge in [0.1, 0.15) is 0 Å². The third-order valence-corrected chi connectivity index (χ3v) is 3.90. The summed E-state index contributed by atoms with van der Waals surface area (Å²) in [7, 11) is 0. The average Bonchev–Trinajstić information content (AvgIpc) is 2.54. The second-order valence-electron chi connectivity index (χ2n) is 5.55. The van der Waals surface area contributed by atoms with Gasteiger partial charge in [-0.05, 0) is 37.5 Å². The van der Waals surface area contributed by atoms with E-state index in [1.54, 1.807) is 19.1 Å². The van der Waals surface area contributed by atoms with Gasteiger partial charge in [-0.3, -0.25) is 14.9 Å². The lowest BCUT2D eigenvalue weighted by Crippen LogP contribution is -2.26. The first-order valence-electron chi connectivity index (χ1n) is 7.57. The van der Waals surface area contributed by atoms with E-state index in [-0.39, 0.29) is 17.6 Å². The van der Waals surface area contributed by atoms with Crippen LogP contribution in [-0.4, -0.2) is 10.8 Å². The van der Waals surface area contributed by atoms with Gasteiger partial charge in [-0.25, -0.2) is 0 Å². The number of nitrogens with one attached hydrogen (secondary N) is 1. The molecule has 1 unspecified atom stereocenters. The van der Waals surface area contributed by atoms with Crippen LogP contribution in [0.1, 0.15) is 46.9 Å². The quantitative estimate of drug-likeness (QED) is 0.671. The Balaban J connectivity index is 2.14. The largest absolute Gasteiger partial charge is 0.346 e. The van der Waals surface area contributed by atoms with Crippen LogP contribution in [0.2, 0.25) is 0 Å². The average molecular weight is 312 g/mol. The van der Waals surface area contributed by atoms with Crippen LogP contribution in [0.5, 0.6) is 0 Å². The molecule has 5 heteroatoms. The number of nitro groups is 1. The highest BCUT2D eigenvalue weighted by molar-refractivity contribution is 5.95. The van der Waals surface area contributed by atoms with Crippen LogP contribution >= 0.6 is 0 Å². The molecule has 0 aliphatic rings. The molecule has 2 rings (SSSR count). The molecule has 1 amide bonds. The SMILES string of the molecule is CCc1ccc(C(C)NC(=O)c2ccc(C)c([N+](=O)[O-])c2)cc1. The van der Waals surface area contributed by atoms with Gasteiger partial charge in [0, 0.05) is 17.2 Å². The number of nitro benzene ring substituents is 1. The Morgan fingerprint density at radius 2 is 1.87 bits per heavy atom. The van der Waals surface area contributed by atoms with E-state index in [1.807, 2.05) is 31.2 Å². The van der Waals surface area contributed by atoms with Crippen LogP contribution in [-0.2, 0) is 6.42 Å². The molecule has 0 fully saturated rings. The normalized spacial score (nSPS) is 11.8. The van der Waals surface area contributed by atoms with Crippen LogP contribution in [0.4, 0.5) is 5.69 Å². The Morgan fingerprint density at radius 3 is 2.43 bits per heavy atom. The molecule has 0 aliphatic heterocycles. The summed E-state index contributed by atoms with van der Waals surface area (Å²) in [6.07, 6.45) is 0.966. The van der Waals surface area contributed by atoms with E-state index in [1.165, 1.54) is 11.6 Å². The maximum atomic E-state index is 12.3. The zero-order chi connectivity index (χ0) is 17.0. The van der Waals surface area contributed by atoms with Crippen molar-refractivity contribution in [3.8, 4) is 0 Å². The number of hydrogen-bond donors (Lipinski definition) is 1. The first-order chi connectivity index (χ1) is 10.9. The first-order valence-corrected chi connectivity index (χ1v) is 7.57. The maximum Gasteiger partial charge on any atom is 0.273 e. The number of hydrogen-bond acceptors (Lipinski definition) is 3. The molecule has 120 valence electrons. The smallest absolute Gasteiger partial charge is 0.273 e. The Kier molecular flexibility index (Phi) is 5.11. The molecule has 0 heterocycles. The minimum absolute atomic E-state index is 0.0439. The van der Waals surface area contributed by atoms with Crippen molar-refractivity contribution in [1.29, 1.82) is 0 Å². The van der Waals surface area contributed by atoms with Crippen LogP contribution in [0.25, 0.3) is 0 Å². The molecule has 0 radical (unpaired) electrons. The summed E-state index contributed by atoms with van der Waals surface area (Å²) in [6.45, 7) is 5.63. The van der Waals surface area contributed by atoms with Crippen LogP contribution in [0, 0.1) is 17.0 Å². The number of nitrogens with zero attached hydrogens (tertiary/aromatic N) is 1. The van der Waals surface area contributed by atoms with Crippen molar-refractivity contribution in [2.45, 2.75) is 33.2 Å². The molecule has 23 heavy (non-hydrogen) atoms. The van der Waals surface area contributed by atoms with Gasteiger partial charge in [0.2, 0.25) is 0 Å². The van der Waals surface area contributed by atoms with Crippen LogP contribution in [0.15, 0.2) is 42.5 Å². The second kappa shape index (κ2) is 7.05. The number of benzene rings is 2. The summed E-state index contributed by atoms with van der Waals surface area (Å²) in [5.74, 6) is -0.319. The second-order valence-corrected chi connectivity index (χ2v) is 5.55. The molecular weight excluding hydrogens is 292 g/mol. The highest BCUT2D eigenvalue weighted by Crippen LogP contribution is 2.20. The van der Waals surface area contributed by atoms with Gasteiger partial charge in [0.25, 0.3) is 11.6 Å². The molecule has 0 aliphatic carbocycles. The predicted molar refractivity (Wildman–Crippen MR) is 89.5 cm³/mol. The van der Waals surface area contributed by atoms with Gasteiger partial charge >= 0.3 is 0 Å². The lowest BCUT2D eigenvalue weighted by Gasteiger charge is -2.15. The van der Waals surface area contributed by atoms with Gasteiger partial charge in [0.05, 0.1) is 11.0 Å². The zero-order valence-corrected chi connectivity index (χ0v) is 13.5. The summed E-state index contributed by atoms with van der Waals surface area (Å²) in [5.41, 5.74) is 3.02. The van der Waals surface area contributed by atoms with Crippen molar-refractivity contribution in [2.24, 2.45) is 0 Å².